The average Bonchev–Trinajstić information content (AvgIpc) is 2.76. The molecule has 1 aromatic heterocycles. The summed E-state index contributed by atoms with van der Waals surface area (Å²) in [5, 5.41) is 12.3. The maximum absolute atomic E-state index is 13.2. The van der Waals surface area contributed by atoms with Crippen LogP contribution in [0.5, 0.6) is 0 Å². The Morgan fingerprint density at radius 1 is 1.06 bits per heavy atom. The van der Waals surface area contributed by atoms with Crippen LogP contribution in [0.2, 0.25) is 0 Å². The van der Waals surface area contributed by atoms with Crippen LogP contribution in [0.25, 0.3) is 10.9 Å². The Morgan fingerprint density at radius 2 is 1.74 bits per heavy atom. The standard InChI is InChI=1S/C23H25N3O5/c1-2-3-12-18(22(29)30)24-20(27)19(14-15-9-5-4-6-10-15)26-21(28)16-11-7-8-13-17(16)25-23(26)31/h4-11,13,18-19H,2-3,12,14H2,1H3,(H,24,27)(H,25,31)(H,29,30). The van der Waals surface area contributed by atoms with Crippen molar-refractivity contribution in [1.82, 2.24) is 14.9 Å². The van der Waals surface area contributed by atoms with Crippen LogP contribution in [0.3, 0.4) is 0 Å². The fourth-order valence-electron chi connectivity index (χ4n) is 3.53. The molecule has 0 saturated heterocycles. The van der Waals surface area contributed by atoms with Crippen LogP contribution in [-0.4, -0.2) is 32.6 Å². The lowest BCUT2D eigenvalue weighted by atomic mass is 10.0. The second kappa shape index (κ2) is 9.88. The molecular formula is C23H25N3O5. The fraction of sp³-hybridized carbons (Fsp3) is 0.304. The van der Waals surface area contributed by atoms with Crippen molar-refractivity contribution in [2.75, 3.05) is 0 Å². The van der Waals surface area contributed by atoms with Crippen LogP contribution >= 0.6 is 0 Å². The molecule has 3 aromatic rings. The topological polar surface area (TPSA) is 121 Å². The number of benzene rings is 2. The second-order valence-electron chi connectivity index (χ2n) is 7.40. The molecule has 162 valence electrons. The Kier molecular flexibility index (Phi) is 7.02. The van der Waals surface area contributed by atoms with Crippen molar-refractivity contribution < 1.29 is 14.7 Å². The predicted molar refractivity (Wildman–Crippen MR) is 117 cm³/mol. The predicted octanol–water partition coefficient (Wildman–Crippen LogP) is 2.23. The molecular weight excluding hydrogens is 398 g/mol. The van der Waals surface area contributed by atoms with Gasteiger partial charge in [-0.15, -0.1) is 0 Å². The molecule has 0 aliphatic rings. The maximum Gasteiger partial charge on any atom is 0.329 e. The molecule has 0 aliphatic heterocycles. The largest absolute Gasteiger partial charge is 0.480 e. The SMILES string of the molecule is CCCCC(NC(=O)C(Cc1ccccc1)n1c(=O)[nH]c2ccccc2c1=O)C(=O)O. The number of carboxylic acids is 1. The van der Waals surface area contributed by atoms with E-state index < -0.39 is 35.2 Å². The van der Waals surface area contributed by atoms with E-state index in [0.717, 1.165) is 16.6 Å². The van der Waals surface area contributed by atoms with Crippen LogP contribution < -0.4 is 16.6 Å². The Hall–Kier alpha value is -3.68. The Labute approximate surface area is 178 Å². The number of aromatic nitrogens is 2. The van der Waals surface area contributed by atoms with E-state index in [2.05, 4.69) is 10.3 Å². The summed E-state index contributed by atoms with van der Waals surface area (Å²) in [5.41, 5.74) is -0.211. The number of fused-ring (bicyclic) bond motifs is 1. The number of para-hydroxylation sites is 1. The van der Waals surface area contributed by atoms with Gasteiger partial charge in [-0.05, 0) is 24.1 Å². The van der Waals surface area contributed by atoms with Crippen LogP contribution in [0.1, 0.15) is 37.8 Å². The zero-order chi connectivity index (χ0) is 22.4. The lowest BCUT2D eigenvalue weighted by Crippen LogP contribution is -2.49. The van der Waals surface area contributed by atoms with Gasteiger partial charge >= 0.3 is 11.7 Å². The van der Waals surface area contributed by atoms with E-state index in [0.29, 0.717) is 11.9 Å². The first-order valence-electron chi connectivity index (χ1n) is 10.2. The number of nitrogens with zero attached hydrogens (tertiary/aromatic N) is 1. The Morgan fingerprint density at radius 3 is 2.42 bits per heavy atom. The molecule has 8 nitrogen and oxygen atoms in total. The number of carbonyl (C=O) groups is 2. The second-order valence-corrected chi connectivity index (χ2v) is 7.40. The van der Waals surface area contributed by atoms with Gasteiger partial charge in [-0.1, -0.05) is 62.2 Å². The third-order valence-corrected chi connectivity index (χ3v) is 5.18. The molecule has 3 rings (SSSR count). The lowest BCUT2D eigenvalue weighted by molar-refractivity contribution is -0.142. The van der Waals surface area contributed by atoms with Crippen LogP contribution in [0.4, 0.5) is 0 Å². The molecule has 1 heterocycles. The van der Waals surface area contributed by atoms with E-state index in [4.69, 9.17) is 0 Å². The van der Waals surface area contributed by atoms with E-state index in [9.17, 15) is 24.3 Å². The Bertz CT molecular complexity index is 1180. The van der Waals surface area contributed by atoms with E-state index >= 15 is 0 Å². The summed E-state index contributed by atoms with van der Waals surface area (Å²) < 4.78 is 0.878. The maximum atomic E-state index is 13.2. The number of nitrogens with one attached hydrogen (secondary N) is 2. The molecule has 0 saturated carbocycles. The number of hydrogen-bond donors (Lipinski definition) is 3. The van der Waals surface area contributed by atoms with Gasteiger partial charge in [0, 0.05) is 6.42 Å². The number of unbranched alkanes of at least 4 members (excludes halogenated alkanes) is 1. The van der Waals surface area contributed by atoms with Gasteiger partial charge in [0.25, 0.3) is 5.56 Å². The van der Waals surface area contributed by atoms with E-state index in [1.165, 1.54) is 0 Å². The number of amides is 1. The van der Waals surface area contributed by atoms with Crippen molar-refractivity contribution in [3.8, 4) is 0 Å². The molecule has 2 unspecified atom stereocenters. The lowest BCUT2D eigenvalue weighted by Gasteiger charge is -2.22. The summed E-state index contributed by atoms with van der Waals surface area (Å²) in [6, 6.07) is 13.2. The van der Waals surface area contributed by atoms with Gasteiger partial charge in [0.05, 0.1) is 10.9 Å². The molecule has 0 radical (unpaired) electrons. The van der Waals surface area contributed by atoms with Crippen LogP contribution in [0.15, 0.2) is 64.2 Å². The molecule has 0 aliphatic carbocycles. The zero-order valence-electron chi connectivity index (χ0n) is 17.2. The van der Waals surface area contributed by atoms with Gasteiger partial charge in [-0.25, -0.2) is 14.2 Å². The Balaban J connectivity index is 2.06. The summed E-state index contributed by atoms with van der Waals surface area (Å²) in [5.74, 6) is -1.84. The van der Waals surface area contributed by atoms with Gasteiger partial charge < -0.3 is 15.4 Å². The van der Waals surface area contributed by atoms with E-state index in [-0.39, 0.29) is 18.2 Å². The molecule has 0 bridgehead atoms. The third-order valence-electron chi connectivity index (χ3n) is 5.18. The summed E-state index contributed by atoms with van der Waals surface area (Å²) >= 11 is 0. The van der Waals surface area contributed by atoms with Crippen LogP contribution in [0, 0.1) is 0 Å². The van der Waals surface area contributed by atoms with Gasteiger partial charge in [-0.3, -0.25) is 9.59 Å². The quantitative estimate of drug-likeness (QED) is 0.487. The summed E-state index contributed by atoms with van der Waals surface area (Å²) in [6.07, 6.45) is 1.72. The van der Waals surface area contributed by atoms with Gasteiger partial charge in [0.1, 0.15) is 12.1 Å². The number of aliphatic carboxylic acids is 1. The fourth-order valence-corrected chi connectivity index (χ4v) is 3.53. The molecule has 0 fully saturated rings. The van der Waals surface area contributed by atoms with E-state index in [1.54, 1.807) is 48.5 Å². The molecule has 0 spiro atoms. The summed E-state index contributed by atoms with van der Waals surface area (Å²) in [6.45, 7) is 1.92. The minimum Gasteiger partial charge on any atom is -0.480 e. The van der Waals surface area contributed by atoms with E-state index in [1.807, 2.05) is 13.0 Å². The molecule has 8 heteroatoms. The molecule has 1 amide bonds. The minimum atomic E-state index is -1.20. The molecule has 3 N–H and O–H groups in total. The number of H-pyrrole nitrogens is 1. The number of carbonyl (C=O) groups excluding carboxylic acids is 1. The number of hydrogen-bond acceptors (Lipinski definition) is 4. The number of aromatic amines is 1. The van der Waals surface area contributed by atoms with Crippen molar-refractivity contribution in [1.29, 1.82) is 0 Å². The highest BCUT2D eigenvalue weighted by Gasteiger charge is 2.29. The van der Waals surface area contributed by atoms with Crippen molar-refractivity contribution in [2.24, 2.45) is 0 Å². The average molecular weight is 423 g/mol. The monoisotopic (exact) mass is 423 g/mol. The molecule has 2 aromatic carbocycles. The molecule has 2 atom stereocenters. The van der Waals surface area contributed by atoms with Crippen LogP contribution in [-0.2, 0) is 16.0 Å². The third kappa shape index (κ3) is 5.09. The van der Waals surface area contributed by atoms with Crippen molar-refractivity contribution in [2.45, 2.75) is 44.7 Å². The van der Waals surface area contributed by atoms with Gasteiger partial charge in [-0.2, -0.15) is 0 Å². The smallest absolute Gasteiger partial charge is 0.329 e. The number of rotatable bonds is 9. The van der Waals surface area contributed by atoms with Gasteiger partial charge in [0.2, 0.25) is 5.91 Å². The normalized spacial score (nSPS) is 12.9. The summed E-state index contributed by atoms with van der Waals surface area (Å²) in [4.78, 5) is 53.4. The zero-order valence-corrected chi connectivity index (χ0v) is 17.2. The summed E-state index contributed by atoms with van der Waals surface area (Å²) in [7, 11) is 0. The number of carboxylic acid groups (broad SMARTS) is 1. The molecule has 31 heavy (non-hydrogen) atoms. The van der Waals surface area contributed by atoms with Crippen molar-refractivity contribution >= 4 is 22.8 Å². The highest BCUT2D eigenvalue weighted by molar-refractivity contribution is 5.86. The first-order chi connectivity index (χ1) is 14.9. The van der Waals surface area contributed by atoms with Crippen molar-refractivity contribution in [3.05, 3.63) is 81.0 Å². The minimum absolute atomic E-state index is 0.0636. The highest BCUT2D eigenvalue weighted by atomic mass is 16.4. The first kappa shape index (κ1) is 22.0. The van der Waals surface area contributed by atoms with Crippen molar-refractivity contribution in [3.63, 3.8) is 0 Å². The highest BCUT2D eigenvalue weighted by Crippen LogP contribution is 2.14. The van der Waals surface area contributed by atoms with Gasteiger partial charge in [0.15, 0.2) is 0 Å². The first-order valence-corrected chi connectivity index (χ1v) is 10.2.